The largest absolute Gasteiger partial charge is 0.295 e. The van der Waals surface area contributed by atoms with E-state index in [1.165, 1.54) is 0 Å². The first kappa shape index (κ1) is 8.25. The minimum Gasteiger partial charge on any atom is -0.295 e. The predicted molar refractivity (Wildman–Crippen MR) is 46.3 cm³/mol. The maximum Gasteiger partial charge on any atom is 0.159 e. The zero-order valence-electron chi connectivity index (χ0n) is 7.13. The van der Waals surface area contributed by atoms with Gasteiger partial charge in [-0.1, -0.05) is 32.1 Å². The molecule has 0 aromatic heterocycles. The molecule has 0 aromatic carbocycles. The van der Waals surface area contributed by atoms with Crippen LogP contribution in [0.2, 0.25) is 0 Å². The molecule has 0 aliphatic heterocycles. The maximum atomic E-state index is 11.3. The third-order valence-corrected chi connectivity index (χ3v) is 1.89. The van der Waals surface area contributed by atoms with Gasteiger partial charge in [-0.3, -0.25) is 4.79 Å². The molecule has 1 nitrogen and oxygen atoms in total. The number of hydrogen-bond acceptors (Lipinski definition) is 1. The molecule has 0 saturated heterocycles. The number of carbonyl (C=O) groups excluding carboxylic acids is 1. The van der Waals surface area contributed by atoms with E-state index in [0.29, 0.717) is 18.1 Å². The summed E-state index contributed by atoms with van der Waals surface area (Å²) in [7, 11) is 0. The summed E-state index contributed by atoms with van der Waals surface area (Å²) >= 11 is 0. The number of Topliss-reactive ketones (excluding diaryl/α,β-unsaturated/α-hetero) is 1. The molecule has 1 aliphatic carbocycles. The van der Waals surface area contributed by atoms with Gasteiger partial charge in [-0.25, -0.2) is 0 Å². The molecule has 1 rings (SSSR count). The molecule has 11 heavy (non-hydrogen) atoms. The lowest BCUT2D eigenvalue weighted by molar-refractivity contribution is -0.115. The first-order valence-electron chi connectivity index (χ1n) is 4.11. The minimum absolute atomic E-state index is 0.310. The number of carbonyl (C=O) groups is 1. The van der Waals surface area contributed by atoms with Crippen molar-refractivity contribution in [3.8, 4) is 0 Å². The lowest BCUT2D eigenvalue weighted by Gasteiger charge is -2.06. The van der Waals surface area contributed by atoms with Crippen LogP contribution in [0.15, 0.2) is 23.8 Å². The standard InChI is InChI=1S/C10H14O/c1-8(2)9-6-4-3-5-7-10(9)11/h3-4,6,8H,5,7H2,1-2H3. The van der Waals surface area contributed by atoms with Gasteiger partial charge < -0.3 is 0 Å². The Balaban J connectivity index is 2.80. The monoisotopic (exact) mass is 150 g/mol. The molecule has 0 radical (unpaired) electrons. The Morgan fingerprint density at radius 1 is 1.45 bits per heavy atom. The van der Waals surface area contributed by atoms with Gasteiger partial charge in [-0.2, -0.15) is 0 Å². The van der Waals surface area contributed by atoms with Gasteiger partial charge >= 0.3 is 0 Å². The third-order valence-electron chi connectivity index (χ3n) is 1.89. The zero-order chi connectivity index (χ0) is 8.27. The fourth-order valence-electron chi connectivity index (χ4n) is 1.23. The Morgan fingerprint density at radius 2 is 2.18 bits per heavy atom. The van der Waals surface area contributed by atoms with Crippen molar-refractivity contribution in [2.75, 3.05) is 0 Å². The predicted octanol–water partition coefficient (Wildman–Crippen LogP) is 2.49. The highest BCUT2D eigenvalue weighted by Crippen LogP contribution is 2.16. The van der Waals surface area contributed by atoms with Gasteiger partial charge in [-0.15, -0.1) is 0 Å². The number of hydrogen-bond donors (Lipinski definition) is 0. The van der Waals surface area contributed by atoms with Crippen molar-refractivity contribution >= 4 is 5.78 Å². The van der Waals surface area contributed by atoms with Crippen LogP contribution in [0.5, 0.6) is 0 Å². The second-order valence-electron chi connectivity index (χ2n) is 3.17. The van der Waals surface area contributed by atoms with Gasteiger partial charge in [-0.05, 0) is 17.9 Å². The molecular weight excluding hydrogens is 136 g/mol. The molecule has 0 saturated carbocycles. The Morgan fingerprint density at radius 3 is 2.82 bits per heavy atom. The van der Waals surface area contributed by atoms with Crippen molar-refractivity contribution in [1.29, 1.82) is 0 Å². The minimum atomic E-state index is 0.310. The SMILES string of the molecule is CC(C)C1=CC=CCCC1=O. The molecule has 60 valence electrons. The quantitative estimate of drug-likeness (QED) is 0.561. The fourth-order valence-corrected chi connectivity index (χ4v) is 1.23. The Hall–Kier alpha value is -0.850. The summed E-state index contributed by atoms with van der Waals surface area (Å²) in [6, 6.07) is 0. The Bertz CT molecular complexity index is 209. The Kier molecular flexibility index (Phi) is 2.64. The summed E-state index contributed by atoms with van der Waals surface area (Å²) in [6.45, 7) is 4.12. The summed E-state index contributed by atoms with van der Waals surface area (Å²) in [6.07, 6.45) is 7.56. The highest BCUT2D eigenvalue weighted by atomic mass is 16.1. The van der Waals surface area contributed by atoms with E-state index in [1.54, 1.807) is 0 Å². The van der Waals surface area contributed by atoms with Crippen molar-refractivity contribution < 1.29 is 4.79 Å². The molecule has 0 spiro atoms. The first-order chi connectivity index (χ1) is 5.22. The summed E-state index contributed by atoms with van der Waals surface area (Å²) in [5, 5.41) is 0. The summed E-state index contributed by atoms with van der Waals surface area (Å²) in [5.74, 6) is 0.676. The molecule has 0 aromatic rings. The molecule has 0 fully saturated rings. The average Bonchev–Trinajstić information content (AvgIpc) is 2.13. The van der Waals surface area contributed by atoms with E-state index in [1.807, 2.05) is 18.2 Å². The molecule has 0 heterocycles. The van der Waals surface area contributed by atoms with E-state index in [2.05, 4.69) is 13.8 Å². The Labute approximate surface area is 67.8 Å². The highest BCUT2D eigenvalue weighted by Gasteiger charge is 2.12. The van der Waals surface area contributed by atoms with Gasteiger partial charge in [0.25, 0.3) is 0 Å². The number of ketones is 1. The van der Waals surface area contributed by atoms with Gasteiger partial charge in [0.2, 0.25) is 0 Å². The van der Waals surface area contributed by atoms with Crippen LogP contribution in [-0.2, 0) is 4.79 Å². The van der Waals surface area contributed by atoms with E-state index in [9.17, 15) is 4.79 Å². The lowest BCUT2D eigenvalue weighted by atomic mass is 9.97. The molecule has 0 unspecified atom stereocenters. The van der Waals surface area contributed by atoms with Crippen molar-refractivity contribution in [3.63, 3.8) is 0 Å². The number of rotatable bonds is 1. The van der Waals surface area contributed by atoms with E-state index in [0.717, 1.165) is 12.0 Å². The third kappa shape index (κ3) is 2.04. The van der Waals surface area contributed by atoms with Crippen molar-refractivity contribution in [2.24, 2.45) is 5.92 Å². The average molecular weight is 150 g/mol. The van der Waals surface area contributed by atoms with Crippen molar-refractivity contribution in [1.82, 2.24) is 0 Å². The van der Waals surface area contributed by atoms with E-state index in [4.69, 9.17) is 0 Å². The van der Waals surface area contributed by atoms with Gasteiger partial charge in [0.15, 0.2) is 5.78 Å². The normalized spacial score (nSPS) is 18.5. The molecular formula is C10H14O. The van der Waals surface area contributed by atoms with Crippen LogP contribution >= 0.6 is 0 Å². The van der Waals surface area contributed by atoms with Gasteiger partial charge in [0.1, 0.15) is 0 Å². The van der Waals surface area contributed by atoms with E-state index < -0.39 is 0 Å². The first-order valence-corrected chi connectivity index (χ1v) is 4.11. The summed E-state index contributed by atoms with van der Waals surface area (Å²) < 4.78 is 0. The zero-order valence-corrected chi connectivity index (χ0v) is 7.13. The van der Waals surface area contributed by atoms with Crippen molar-refractivity contribution in [2.45, 2.75) is 26.7 Å². The maximum absolute atomic E-state index is 11.3. The highest BCUT2D eigenvalue weighted by molar-refractivity contribution is 5.96. The summed E-state index contributed by atoms with van der Waals surface area (Å²) in [5.41, 5.74) is 0.971. The van der Waals surface area contributed by atoms with Crippen LogP contribution in [-0.4, -0.2) is 5.78 Å². The molecule has 0 amide bonds. The van der Waals surface area contributed by atoms with E-state index in [-0.39, 0.29) is 0 Å². The van der Waals surface area contributed by atoms with Crippen LogP contribution in [0.3, 0.4) is 0 Å². The number of allylic oxidation sites excluding steroid dienone is 4. The van der Waals surface area contributed by atoms with Crippen LogP contribution in [0, 0.1) is 5.92 Å². The van der Waals surface area contributed by atoms with Crippen LogP contribution in [0.4, 0.5) is 0 Å². The second-order valence-corrected chi connectivity index (χ2v) is 3.17. The smallest absolute Gasteiger partial charge is 0.159 e. The molecule has 0 bridgehead atoms. The van der Waals surface area contributed by atoms with Crippen molar-refractivity contribution in [3.05, 3.63) is 23.8 Å². The van der Waals surface area contributed by atoms with Crippen LogP contribution in [0.25, 0.3) is 0 Å². The van der Waals surface area contributed by atoms with Gasteiger partial charge in [0.05, 0.1) is 0 Å². The van der Waals surface area contributed by atoms with Crippen LogP contribution < -0.4 is 0 Å². The molecule has 0 N–H and O–H groups in total. The summed E-state index contributed by atoms with van der Waals surface area (Å²) in [4.78, 5) is 11.3. The fraction of sp³-hybridized carbons (Fsp3) is 0.500. The molecule has 1 aliphatic rings. The van der Waals surface area contributed by atoms with Crippen LogP contribution in [0.1, 0.15) is 26.7 Å². The lowest BCUT2D eigenvalue weighted by Crippen LogP contribution is -2.06. The second kappa shape index (κ2) is 3.51. The molecule has 1 heteroatoms. The molecule has 0 atom stereocenters. The van der Waals surface area contributed by atoms with E-state index >= 15 is 0 Å². The topological polar surface area (TPSA) is 17.1 Å². The van der Waals surface area contributed by atoms with Gasteiger partial charge in [0, 0.05) is 6.42 Å².